The molecule has 0 aromatic carbocycles. The second-order valence-electron chi connectivity index (χ2n) is 4.85. The third kappa shape index (κ3) is 2.26. The Kier molecular flexibility index (Phi) is 3.05. The molecule has 3 heteroatoms. The molecule has 2 fully saturated rings. The summed E-state index contributed by atoms with van der Waals surface area (Å²) in [6.07, 6.45) is 5.59. The van der Waals surface area contributed by atoms with Gasteiger partial charge >= 0.3 is 0 Å². The van der Waals surface area contributed by atoms with E-state index in [1.165, 1.54) is 38.8 Å². The monoisotopic (exact) mass is 193 g/mol. The van der Waals surface area contributed by atoms with Gasteiger partial charge in [-0.25, -0.2) is 0 Å². The lowest BCUT2D eigenvalue weighted by Gasteiger charge is -2.41. The summed E-state index contributed by atoms with van der Waals surface area (Å²) in [4.78, 5) is 2.39. The topological polar surface area (TPSA) is 53.1 Å². The maximum Gasteiger partial charge on any atom is 0.106 e. The van der Waals surface area contributed by atoms with Gasteiger partial charge in [0.05, 0.1) is 6.07 Å². The van der Waals surface area contributed by atoms with Gasteiger partial charge in [0.25, 0.3) is 0 Å². The van der Waals surface area contributed by atoms with Crippen molar-refractivity contribution >= 4 is 0 Å². The molecule has 3 nitrogen and oxygen atoms in total. The molecule has 78 valence electrons. The summed E-state index contributed by atoms with van der Waals surface area (Å²) in [6.45, 7) is 3.11. The Morgan fingerprint density at radius 2 is 2.00 bits per heavy atom. The summed E-state index contributed by atoms with van der Waals surface area (Å²) in [5.74, 6) is 1.77. The van der Waals surface area contributed by atoms with E-state index >= 15 is 0 Å². The molecule has 1 heterocycles. The van der Waals surface area contributed by atoms with Crippen molar-refractivity contribution in [1.82, 2.24) is 4.90 Å². The molecule has 3 unspecified atom stereocenters. The first-order valence-corrected chi connectivity index (χ1v) is 5.65. The molecule has 1 saturated carbocycles. The zero-order valence-electron chi connectivity index (χ0n) is 8.65. The number of nitrogens with zero attached hydrogens (tertiary/aromatic N) is 2. The first kappa shape index (κ1) is 9.95. The maximum atomic E-state index is 8.67. The first-order chi connectivity index (χ1) is 6.78. The van der Waals surface area contributed by atoms with Crippen LogP contribution in [0.2, 0.25) is 0 Å². The highest BCUT2D eigenvalue weighted by atomic mass is 15.1. The molecule has 2 rings (SSSR count). The van der Waals surface area contributed by atoms with E-state index in [-0.39, 0.29) is 6.04 Å². The van der Waals surface area contributed by atoms with Crippen LogP contribution in [0.3, 0.4) is 0 Å². The van der Waals surface area contributed by atoms with Gasteiger partial charge in [0.1, 0.15) is 6.04 Å². The number of hydrogen-bond donors (Lipinski definition) is 1. The average Bonchev–Trinajstić information content (AvgIpc) is 2.17. The smallest absolute Gasteiger partial charge is 0.106 e. The molecular weight excluding hydrogens is 174 g/mol. The second kappa shape index (κ2) is 4.29. The van der Waals surface area contributed by atoms with E-state index in [0.717, 1.165) is 18.4 Å². The van der Waals surface area contributed by atoms with Crippen molar-refractivity contribution in [3.8, 4) is 6.07 Å². The number of hydrogen-bond acceptors (Lipinski definition) is 3. The summed E-state index contributed by atoms with van der Waals surface area (Å²) in [7, 11) is 0. The molecule has 0 amide bonds. The van der Waals surface area contributed by atoms with Crippen molar-refractivity contribution in [3.05, 3.63) is 0 Å². The first-order valence-electron chi connectivity index (χ1n) is 5.65. The molecule has 1 saturated heterocycles. The van der Waals surface area contributed by atoms with E-state index in [1.807, 2.05) is 0 Å². The molecule has 2 N–H and O–H groups in total. The van der Waals surface area contributed by atoms with Gasteiger partial charge in [-0.3, -0.25) is 0 Å². The Morgan fingerprint density at radius 1 is 1.36 bits per heavy atom. The van der Waals surface area contributed by atoms with Gasteiger partial charge in [0.15, 0.2) is 0 Å². The highest BCUT2D eigenvalue weighted by Crippen LogP contribution is 2.34. The number of nitriles is 1. The van der Waals surface area contributed by atoms with Crippen LogP contribution in [0.25, 0.3) is 0 Å². The van der Waals surface area contributed by atoms with Crippen LogP contribution in [0.4, 0.5) is 0 Å². The summed E-state index contributed by atoms with van der Waals surface area (Å²) in [5.41, 5.74) is 5.65. The van der Waals surface area contributed by atoms with E-state index in [2.05, 4.69) is 11.0 Å². The van der Waals surface area contributed by atoms with Gasteiger partial charge in [-0.15, -0.1) is 0 Å². The third-order valence-corrected chi connectivity index (χ3v) is 3.54. The average molecular weight is 193 g/mol. The maximum absolute atomic E-state index is 8.67. The van der Waals surface area contributed by atoms with Gasteiger partial charge in [0.2, 0.25) is 0 Å². The Morgan fingerprint density at radius 3 is 2.57 bits per heavy atom. The molecule has 2 aliphatic rings. The Labute approximate surface area is 85.9 Å². The lowest BCUT2D eigenvalue weighted by Crippen LogP contribution is -2.47. The van der Waals surface area contributed by atoms with Gasteiger partial charge in [-0.1, -0.05) is 6.42 Å². The van der Waals surface area contributed by atoms with Crippen LogP contribution in [0, 0.1) is 23.2 Å². The molecule has 2 bridgehead atoms. The molecule has 0 aromatic rings. The van der Waals surface area contributed by atoms with Crippen LogP contribution in [-0.2, 0) is 0 Å². The van der Waals surface area contributed by atoms with Crippen molar-refractivity contribution in [1.29, 1.82) is 5.26 Å². The number of nitrogens with two attached hydrogens (primary N) is 1. The van der Waals surface area contributed by atoms with Crippen molar-refractivity contribution < 1.29 is 0 Å². The lowest BCUT2D eigenvalue weighted by molar-refractivity contribution is 0.0851. The Balaban J connectivity index is 1.86. The van der Waals surface area contributed by atoms with Crippen molar-refractivity contribution in [3.63, 3.8) is 0 Å². The quantitative estimate of drug-likeness (QED) is 0.710. The Hall–Kier alpha value is -0.590. The molecule has 1 aliphatic heterocycles. The standard InChI is InChI=1S/C11H19N3/c12-5-11(13)8-14-6-9-2-1-3-10(4-9)7-14/h9-11H,1-4,6-8,13H2. The van der Waals surface area contributed by atoms with Gasteiger partial charge < -0.3 is 10.6 Å². The van der Waals surface area contributed by atoms with Crippen LogP contribution in [0.15, 0.2) is 0 Å². The van der Waals surface area contributed by atoms with Crippen LogP contribution in [0.1, 0.15) is 25.7 Å². The molecular formula is C11H19N3. The van der Waals surface area contributed by atoms with Crippen molar-refractivity contribution in [2.45, 2.75) is 31.7 Å². The summed E-state index contributed by atoms with van der Waals surface area (Å²) >= 11 is 0. The Bertz CT molecular complexity index is 221. The predicted molar refractivity (Wildman–Crippen MR) is 55.5 cm³/mol. The predicted octanol–water partition coefficient (Wildman–Crippen LogP) is 0.959. The summed E-state index contributed by atoms with van der Waals surface area (Å²) in [6, 6.07) is 1.82. The van der Waals surface area contributed by atoms with E-state index < -0.39 is 0 Å². The highest BCUT2D eigenvalue weighted by Gasteiger charge is 2.30. The number of fused-ring (bicyclic) bond motifs is 2. The normalized spacial score (nSPS) is 34.9. The van der Waals surface area contributed by atoms with Gasteiger partial charge in [0, 0.05) is 19.6 Å². The third-order valence-electron chi connectivity index (χ3n) is 3.54. The van der Waals surface area contributed by atoms with E-state index in [4.69, 9.17) is 11.0 Å². The number of likely N-dealkylation sites (tertiary alicyclic amines) is 1. The molecule has 0 radical (unpaired) electrons. The highest BCUT2D eigenvalue weighted by molar-refractivity contribution is 4.92. The zero-order chi connectivity index (χ0) is 9.97. The summed E-state index contributed by atoms with van der Waals surface area (Å²) < 4.78 is 0. The minimum absolute atomic E-state index is 0.297. The minimum Gasteiger partial charge on any atom is -0.315 e. The van der Waals surface area contributed by atoms with Crippen LogP contribution in [-0.4, -0.2) is 30.6 Å². The number of piperidine rings is 1. The van der Waals surface area contributed by atoms with Crippen molar-refractivity contribution in [2.24, 2.45) is 17.6 Å². The fourth-order valence-corrected chi connectivity index (χ4v) is 3.01. The second-order valence-corrected chi connectivity index (χ2v) is 4.85. The van der Waals surface area contributed by atoms with E-state index in [1.54, 1.807) is 0 Å². The molecule has 3 atom stereocenters. The number of rotatable bonds is 2. The van der Waals surface area contributed by atoms with Crippen LogP contribution < -0.4 is 5.73 Å². The van der Waals surface area contributed by atoms with Gasteiger partial charge in [-0.05, 0) is 31.1 Å². The fraction of sp³-hybridized carbons (Fsp3) is 0.909. The molecule has 0 aromatic heterocycles. The van der Waals surface area contributed by atoms with Crippen LogP contribution in [0.5, 0.6) is 0 Å². The molecule has 14 heavy (non-hydrogen) atoms. The molecule has 1 aliphatic carbocycles. The SMILES string of the molecule is N#CC(N)CN1CC2CCCC(C2)C1. The minimum atomic E-state index is -0.297. The van der Waals surface area contributed by atoms with Crippen LogP contribution >= 0.6 is 0 Å². The van der Waals surface area contributed by atoms with E-state index in [0.29, 0.717) is 0 Å². The lowest BCUT2D eigenvalue weighted by atomic mass is 9.78. The fourth-order valence-electron chi connectivity index (χ4n) is 3.01. The molecule has 0 spiro atoms. The van der Waals surface area contributed by atoms with Crippen molar-refractivity contribution in [2.75, 3.05) is 19.6 Å². The largest absolute Gasteiger partial charge is 0.315 e. The zero-order valence-corrected chi connectivity index (χ0v) is 8.65. The summed E-state index contributed by atoms with van der Waals surface area (Å²) in [5, 5.41) is 8.67. The van der Waals surface area contributed by atoms with E-state index in [9.17, 15) is 0 Å². The van der Waals surface area contributed by atoms with Gasteiger partial charge in [-0.2, -0.15) is 5.26 Å².